The van der Waals surface area contributed by atoms with Crippen LogP contribution in [0.1, 0.15) is 33.5 Å². The molecule has 0 saturated carbocycles. The highest BCUT2D eigenvalue weighted by Crippen LogP contribution is 2.16. The number of aryl methyl sites for hydroxylation is 3. The molecule has 104 valence electrons. The molecule has 1 heterocycles. The van der Waals surface area contributed by atoms with Gasteiger partial charge in [0.05, 0.1) is 6.54 Å². The summed E-state index contributed by atoms with van der Waals surface area (Å²) in [7, 11) is 0. The molecule has 0 radical (unpaired) electrons. The van der Waals surface area contributed by atoms with Crippen LogP contribution >= 0.6 is 0 Å². The van der Waals surface area contributed by atoms with Crippen molar-refractivity contribution < 1.29 is 4.79 Å². The SMILES string of the molecule is Cc1cc(C)c(C(=O)CN2CCCNCC2)cc1C. The zero-order chi connectivity index (χ0) is 13.8. The Bertz CT molecular complexity index is 460. The lowest BCUT2D eigenvalue weighted by Crippen LogP contribution is -2.33. The van der Waals surface area contributed by atoms with E-state index in [0.29, 0.717) is 6.54 Å². The largest absolute Gasteiger partial charge is 0.315 e. The average molecular weight is 260 g/mol. The van der Waals surface area contributed by atoms with E-state index in [2.05, 4.69) is 30.1 Å². The molecular formula is C16H24N2O. The van der Waals surface area contributed by atoms with Gasteiger partial charge in [-0.15, -0.1) is 0 Å². The van der Waals surface area contributed by atoms with Crippen LogP contribution in [0.5, 0.6) is 0 Å². The Hall–Kier alpha value is -1.19. The van der Waals surface area contributed by atoms with Crippen LogP contribution in [0.2, 0.25) is 0 Å². The summed E-state index contributed by atoms with van der Waals surface area (Å²) in [5, 5.41) is 3.37. The van der Waals surface area contributed by atoms with Gasteiger partial charge in [0.1, 0.15) is 0 Å². The van der Waals surface area contributed by atoms with Gasteiger partial charge in [-0.25, -0.2) is 0 Å². The highest BCUT2D eigenvalue weighted by atomic mass is 16.1. The average Bonchev–Trinajstić information content (AvgIpc) is 2.62. The van der Waals surface area contributed by atoms with Gasteiger partial charge in [0, 0.05) is 18.7 Å². The van der Waals surface area contributed by atoms with Gasteiger partial charge in [0.15, 0.2) is 5.78 Å². The van der Waals surface area contributed by atoms with Gasteiger partial charge in [-0.2, -0.15) is 0 Å². The highest BCUT2D eigenvalue weighted by molar-refractivity contribution is 5.99. The lowest BCUT2D eigenvalue weighted by molar-refractivity contribution is 0.0934. The van der Waals surface area contributed by atoms with Crippen LogP contribution in [-0.4, -0.2) is 43.4 Å². The highest BCUT2D eigenvalue weighted by Gasteiger charge is 2.16. The van der Waals surface area contributed by atoms with Crippen molar-refractivity contribution in [3.63, 3.8) is 0 Å². The number of Topliss-reactive ketones (excluding diaryl/α,β-unsaturated/α-hetero) is 1. The summed E-state index contributed by atoms with van der Waals surface area (Å²) in [6.07, 6.45) is 1.12. The molecule has 0 amide bonds. The number of hydrogen-bond acceptors (Lipinski definition) is 3. The van der Waals surface area contributed by atoms with E-state index in [1.807, 2.05) is 13.0 Å². The van der Waals surface area contributed by atoms with Crippen LogP contribution in [0, 0.1) is 20.8 Å². The number of nitrogens with one attached hydrogen (secondary N) is 1. The fraction of sp³-hybridized carbons (Fsp3) is 0.562. The second-order valence-corrected chi connectivity index (χ2v) is 5.55. The van der Waals surface area contributed by atoms with E-state index >= 15 is 0 Å². The molecule has 3 heteroatoms. The molecule has 1 aliphatic rings. The lowest BCUT2D eigenvalue weighted by Gasteiger charge is -2.19. The maximum atomic E-state index is 12.4. The molecule has 1 aromatic carbocycles. The number of carbonyl (C=O) groups excluding carboxylic acids is 1. The van der Waals surface area contributed by atoms with Crippen molar-refractivity contribution in [3.8, 4) is 0 Å². The maximum absolute atomic E-state index is 12.4. The Balaban J connectivity index is 2.08. The van der Waals surface area contributed by atoms with Gasteiger partial charge in [0.25, 0.3) is 0 Å². The number of carbonyl (C=O) groups is 1. The minimum atomic E-state index is 0.252. The number of ketones is 1. The first kappa shape index (κ1) is 14.2. The summed E-state index contributed by atoms with van der Waals surface area (Å²) >= 11 is 0. The standard InChI is InChI=1S/C16H24N2O/c1-12-9-14(3)15(10-13(12)2)16(19)11-18-7-4-5-17-6-8-18/h9-10,17H,4-8,11H2,1-3H3. The van der Waals surface area contributed by atoms with E-state index in [1.54, 1.807) is 0 Å². The predicted octanol–water partition coefficient (Wildman–Crippen LogP) is 2.09. The minimum Gasteiger partial charge on any atom is -0.315 e. The summed E-state index contributed by atoms with van der Waals surface area (Å²) in [5.74, 6) is 0.252. The quantitative estimate of drug-likeness (QED) is 0.845. The van der Waals surface area contributed by atoms with Crippen LogP contribution in [0.15, 0.2) is 12.1 Å². The Morgan fingerprint density at radius 3 is 2.63 bits per heavy atom. The molecule has 1 aromatic rings. The third kappa shape index (κ3) is 3.64. The minimum absolute atomic E-state index is 0.252. The van der Waals surface area contributed by atoms with Crippen LogP contribution in [0.4, 0.5) is 0 Å². The monoisotopic (exact) mass is 260 g/mol. The van der Waals surface area contributed by atoms with Crippen molar-refractivity contribution in [1.82, 2.24) is 10.2 Å². The van der Waals surface area contributed by atoms with Crippen molar-refractivity contribution in [1.29, 1.82) is 0 Å². The van der Waals surface area contributed by atoms with E-state index < -0.39 is 0 Å². The summed E-state index contributed by atoms with van der Waals surface area (Å²) in [6, 6.07) is 4.16. The van der Waals surface area contributed by atoms with E-state index in [0.717, 1.165) is 43.7 Å². The van der Waals surface area contributed by atoms with Gasteiger partial charge in [-0.1, -0.05) is 6.07 Å². The third-order valence-electron chi connectivity index (χ3n) is 3.94. The molecule has 1 saturated heterocycles. The fourth-order valence-corrected chi connectivity index (χ4v) is 2.61. The maximum Gasteiger partial charge on any atom is 0.177 e. The summed E-state index contributed by atoms with van der Waals surface area (Å²) < 4.78 is 0. The van der Waals surface area contributed by atoms with Gasteiger partial charge >= 0.3 is 0 Å². The van der Waals surface area contributed by atoms with Crippen molar-refractivity contribution in [2.45, 2.75) is 27.2 Å². The van der Waals surface area contributed by atoms with E-state index in [4.69, 9.17) is 0 Å². The Labute approximate surface area is 116 Å². The van der Waals surface area contributed by atoms with E-state index in [9.17, 15) is 4.79 Å². The molecule has 0 unspecified atom stereocenters. The normalized spacial score (nSPS) is 17.2. The molecular weight excluding hydrogens is 236 g/mol. The van der Waals surface area contributed by atoms with Gasteiger partial charge in [0.2, 0.25) is 0 Å². The molecule has 0 bridgehead atoms. The van der Waals surface area contributed by atoms with Crippen LogP contribution in [0.25, 0.3) is 0 Å². The number of nitrogens with zero attached hydrogens (tertiary/aromatic N) is 1. The van der Waals surface area contributed by atoms with Crippen LogP contribution in [-0.2, 0) is 0 Å². The lowest BCUT2D eigenvalue weighted by atomic mass is 9.98. The van der Waals surface area contributed by atoms with Crippen molar-refractivity contribution >= 4 is 5.78 Å². The van der Waals surface area contributed by atoms with Crippen LogP contribution < -0.4 is 5.32 Å². The Morgan fingerprint density at radius 1 is 1.11 bits per heavy atom. The number of hydrogen-bond donors (Lipinski definition) is 1. The Kier molecular flexibility index (Phi) is 4.72. The third-order valence-corrected chi connectivity index (χ3v) is 3.94. The van der Waals surface area contributed by atoms with Gasteiger partial charge in [-0.05, 0) is 63.0 Å². The summed E-state index contributed by atoms with van der Waals surface area (Å²) in [5.41, 5.74) is 4.45. The summed E-state index contributed by atoms with van der Waals surface area (Å²) in [6.45, 7) is 10.8. The molecule has 0 aliphatic carbocycles. The topological polar surface area (TPSA) is 32.3 Å². The first-order valence-electron chi connectivity index (χ1n) is 7.12. The smallest absolute Gasteiger partial charge is 0.177 e. The molecule has 1 fully saturated rings. The molecule has 2 rings (SSSR count). The Morgan fingerprint density at radius 2 is 1.84 bits per heavy atom. The molecule has 0 spiro atoms. The second-order valence-electron chi connectivity index (χ2n) is 5.55. The number of rotatable bonds is 3. The van der Waals surface area contributed by atoms with E-state index in [-0.39, 0.29) is 5.78 Å². The molecule has 3 nitrogen and oxygen atoms in total. The molecule has 0 aromatic heterocycles. The predicted molar refractivity (Wildman–Crippen MR) is 78.9 cm³/mol. The van der Waals surface area contributed by atoms with Crippen molar-refractivity contribution in [2.75, 3.05) is 32.7 Å². The van der Waals surface area contributed by atoms with E-state index in [1.165, 1.54) is 11.1 Å². The number of benzene rings is 1. The fourth-order valence-electron chi connectivity index (χ4n) is 2.61. The van der Waals surface area contributed by atoms with Gasteiger partial charge in [-0.3, -0.25) is 9.69 Å². The van der Waals surface area contributed by atoms with Crippen molar-refractivity contribution in [3.05, 3.63) is 34.4 Å². The summed E-state index contributed by atoms with van der Waals surface area (Å²) in [4.78, 5) is 14.7. The molecule has 0 atom stereocenters. The van der Waals surface area contributed by atoms with Crippen LogP contribution in [0.3, 0.4) is 0 Å². The van der Waals surface area contributed by atoms with Crippen molar-refractivity contribution in [2.24, 2.45) is 0 Å². The molecule has 1 aliphatic heterocycles. The zero-order valence-corrected chi connectivity index (χ0v) is 12.3. The first-order valence-corrected chi connectivity index (χ1v) is 7.12. The van der Waals surface area contributed by atoms with Gasteiger partial charge < -0.3 is 5.32 Å². The zero-order valence-electron chi connectivity index (χ0n) is 12.3. The molecule has 1 N–H and O–H groups in total. The second kappa shape index (κ2) is 6.31. The first-order chi connectivity index (χ1) is 9.08. The molecule has 19 heavy (non-hydrogen) atoms.